The normalized spacial score (nSPS) is 21.2. The summed E-state index contributed by atoms with van der Waals surface area (Å²) < 4.78 is 32.1. The molecular formula is C13H18F2N2O. The SMILES string of the molecule is NNC(Cc1cc(F)ccc1F)CC1CCCO1. The van der Waals surface area contributed by atoms with E-state index in [-0.39, 0.29) is 12.1 Å². The molecule has 0 radical (unpaired) electrons. The van der Waals surface area contributed by atoms with Crippen LogP contribution in [-0.2, 0) is 11.2 Å². The highest BCUT2D eigenvalue weighted by Crippen LogP contribution is 2.19. The second-order valence-electron chi connectivity index (χ2n) is 4.67. The average molecular weight is 256 g/mol. The molecule has 0 aliphatic carbocycles. The van der Waals surface area contributed by atoms with Crippen LogP contribution in [0.2, 0.25) is 0 Å². The summed E-state index contributed by atoms with van der Waals surface area (Å²) >= 11 is 0. The molecule has 2 unspecified atom stereocenters. The van der Waals surface area contributed by atoms with Crippen molar-refractivity contribution in [2.45, 2.75) is 37.8 Å². The van der Waals surface area contributed by atoms with Crippen LogP contribution in [0.5, 0.6) is 0 Å². The van der Waals surface area contributed by atoms with Crippen LogP contribution in [0.3, 0.4) is 0 Å². The molecule has 1 heterocycles. The monoisotopic (exact) mass is 256 g/mol. The molecule has 5 heteroatoms. The number of nitrogens with one attached hydrogen (secondary N) is 1. The molecule has 0 saturated carbocycles. The first kappa shape index (κ1) is 13.4. The quantitative estimate of drug-likeness (QED) is 0.625. The number of hydrazine groups is 1. The summed E-state index contributed by atoms with van der Waals surface area (Å²) in [7, 11) is 0. The van der Waals surface area contributed by atoms with Crippen molar-refractivity contribution in [3.05, 3.63) is 35.4 Å². The molecule has 2 rings (SSSR count). The minimum atomic E-state index is -0.431. The van der Waals surface area contributed by atoms with Crippen LogP contribution >= 0.6 is 0 Å². The van der Waals surface area contributed by atoms with Gasteiger partial charge >= 0.3 is 0 Å². The summed E-state index contributed by atoms with van der Waals surface area (Å²) in [5.41, 5.74) is 3.00. The van der Waals surface area contributed by atoms with Gasteiger partial charge in [-0.3, -0.25) is 11.3 Å². The predicted octanol–water partition coefficient (Wildman–Crippen LogP) is 1.91. The Kier molecular flexibility index (Phi) is 4.63. The maximum atomic E-state index is 13.5. The lowest BCUT2D eigenvalue weighted by Gasteiger charge is -2.19. The topological polar surface area (TPSA) is 47.3 Å². The van der Waals surface area contributed by atoms with Crippen LogP contribution in [0.15, 0.2) is 18.2 Å². The number of rotatable bonds is 5. The average Bonchev–Trinajstić information content (AvgIpc) is 2.85. The lowest BCUT2D eigenvalue weighted by atomic mass is 9.99. The largest absolute Gasteiger partial charge is 0.378 e. The Morgan fingerprint density at radius 1 is 1.44 bits per heavy atom. The first-order valence-corrected chi connectivity index (χ1v) is 6.20. The first-order chi connectivity index (χ1) is 8.69. The Balaban J connectivity index is 1.98. The van der Waals surface area contributed by atoms with Crippen LogP contribution in [-0.4, -0.2) is 18.8 Å². The molecule has 3 nitrogen and oxygen atoms in total. The summed E-state index contributed by atoms with van der Waals surface area (Å²) in [4.78, 5) is 0. The van der Waals surface area contributed by atoms with Gasteiger partial charge in [-0.05, 0) is 49.4 Å². The lowest BCUT2D eigenvalue weighted by molar-refractivity contribution is 0.0945. The van der Waals surface area contributed by atoms with Crippen molar-refractivity contribution in [2.75, 3.05) is 6.61 Å². The molecule has 3 N–H and O–H groups in total. The molecule has 18 heavy (non-hydrogen) atoms. The number of ether oxygens (including phenoxy) is 1. The van der Waals surface area contributed by atoms with Crippen LogP contribution < -0.4 is 11.3 Å². The van der Waals surface area contributed by atoms with Crippen molar-refractivity contribution >= 4 is 0 Å². The zero-order valence-corrected chi connectivity index (χ0v) is 10.2. The van der Waals surface area contributed by atoms with Gasteiger partial charge in [0.2, 0.25) is 0 Å². The third kappa shape index (κ3) is 3.48. The molecule has 0 spiro atoms. The minimum absolute atomic E-state index is 0.107. The molecule has 0 amide bonds. The van der Waals surface area contributed by atoms with Gasteiger partial charge in [-0.2, -0.15) is 0 Å². The van der Waals surface area contributed by atoms with Crippen molar-refractivity contribution in [1.82, 2.24) is 5.43 Å². The van der Waals surface area contributed by atoms with Gasteiger partial charge in [-0.25, -0.2) is 8.78 Å². The molecule has 100 valence electrons. The second-order valence-corrected chi connectivity index (χ2v) is 4.67. The van der Waals surface area contributed by atoms with Gasteiger partial charge in [0, 0.05) is 12.6 Å². The van der Waals surface area contributed by atoms with E-state index in [1.807, 2.05) is 0 Å². The van der Waals surface area contributed by atoms with Crippen LogP contribution in [0, 0.1) is 11.6 Å². The molecule has 1 saturated heterocycles. The van der Waals surface area contributed by atoms with Crippen molar-refractivity contribution in [2.24, 2.45) is 5.84 Å². The molecule has 2 atom stereocenters. The fourth-order valence-corrected chi connectivity index (χ4v) is 2.32. The Hall–Kier alpha value is -1.04. The lowest BCUT2D eigenvalue weighted by Crippen LogP contribution is -2.39. The van der Waals surface area contributed by atoms with Crippen LogP contribution in [0.25, 0.3) is 0 Å². The van der Waals surface area contributed by atoms with Crippen LogP contribution in [0.1, 0.15) is 24.8 Å². The Morgan fingerprint density at radius 3 is 2.94 bits per heavy atom. The van der Waals surface area contributed by atoms with E-state index in [2.05, 4.69) is 5.43 Å². The number of halogens is 2. The highest BCUT2D eigenvalue weighted by Gasteiger charge is 2.21. The maximum absolute atomic E-state index is 13.5. The fraction of sp³-hybridized carbons (Fsp3) is 0.538. The molecule has 1 aliphatic heterocycles. The van der Waals surface area contributed by atoms with E-state index in [1.54, 1.807) is 0 Å². The zero-order chi connectivity index (χ0) is 13.0. The Morgan fingerprint density at radius 2 is 2.28 bits per heavy atom. The summed E-state index contributed by atoms with van der Waals surface area (Å²) in [6.45, 7) is 0.774. The molecule has 1 aromatic carbocycles. The molecular weight excluding hydrogens is 238 g/mol. The van der Waals surface area contributed by atoms with Gasteiger partial charge in [0.15, 0.2) is 0 Å². The van der Waals surface area contributed by atoms with Gasteiger partial charge < -0.3 is 4.74 Å². The van der Waals surface area contributed by atoms with Gasteiger partial charge in [0.25, 0.3) is 0 Å². The standard InChI is InChI=1S/C13H18F2N2O/c14-10-3-4-13(15)9(6-10)7-11(17-16)8-12-2-1-5-18-12/h3-4,6,11-12,17H,1-2,5,7-8,16H2. The second kappa shape index (κ2) is 6.22. The summed E-state index contributed by atoms with van der Waals surface area (Å²) in [6, 6.07) is 3.37. The van der Waals surface area contributed by atoms with Gasteiger partial charge in [0.05, 0.1) is 6.10 Å². The highest BCUT2D eigenvalue weighted by atomic mass is 19.1. The Bertz CT molecular complexity index is 395. The van der Waals surface area contributed by atoms with E-state index in [9.17, 15) is 8.78 Å². The number of benzene rings is 1. The van der Waals surface area contributed by atoms with Gasteiger partial charge in [-0.15, -0.1) is 0 Å². The number of nitrogens with two attached hydrogens (primary N) is 1. The summed E-state index contributed by atoms with van der Waals surface area (Å²) in [6.07, 6.45) is 3.30. The van der Waals surface area contributed by atoms with Crippen molar-refractivity contribution in [3.63, 3.8) is 0 Å². The third-order valence-electron chi connectivity index (χ3n) is 3.28. The molecule has 1 aliphatic rings. The predicted molar refractivity (Wildman–Crippen MR) is 64.8 cm³/mol. The summed E-state index contributed by atoms with van der Waals surface area (Å²) in [5, 5.41) is 0. The molecule has 1 aromatic rings. The molecule has 0 aromatic heterocycles. The molecule has 1 fully saturated rings. The van der Waals surface area contributed by atoms with Crippen LogP contribution in [0.4, 0.5) is 8.78 Å². The Labute approximate surface area is 105 Å². The van der Waals surface area contributed by atoms with Gasteiger partial charge in [0.1, 0.15) is 11.6 Å². The zero-order valence-electron chi connectivity index (χ0n) is 10.2. The summed E-state index contributed by atoms with van der Waals surface area (Å²) in [5.74, 6) is 4.63. The number of hydrogen-bond donors (Lipinski definition) is 2. The van der Waals surface area contributed by atoms with E-state index < -0.39 is 11.6 Å². The maximum Gasteiger partial charge on any atom is 0.126 e. The van der Waals surface area contributed by atoms with E-state index in [0.717, 1.165) is 31.6 Å². The van der Waals surface area contributed by atoms with Crippen molar-refractivity contribution in [3.8, 4) is 0 Å². The number of hydrogen-bond acceptors (Lipinski definition) is 3. The van der Waals surface area contributed by atoms with E-state index >= 15 is 0 Å². The smallest absolute Gasteiger partial charge is 0.126 e. The van der Waals surface area contributed by atoms with E-state index in [4.69, 9.17) is 10.6 Å². The van der Waals surface area contributed by atoms with Crippen molar-refractivity contribution < 1.29 is 13.5 Å². The molecule has 0 bridgehead atoms. The van der Waals surface area contributed by atoms with E-state index in [1.165, 1.54) is 6.07 Å². The first-order valence-electron chi connectivity index (χ1n) is 6.20. The fourth-order valence-electron chi connectivity index (χ4n) is 2.32. The van der Waals surface area contributed by atoms with Gasteiger partial charge in [-0.1, -0.05) is 0 Å². The third-order valence-corrected chi connectivity index (χ3v) is 3.28. The minimum Gasteiger partial charge on any atom is -0.378 e. The highest BCUT2D eigenvalue weighted by molar-refractivity contribution is 5.19. The van der Waals surface area contributed by atoms with Crippen molar-refractivity contribution in [1.29, 1.82) is 0 Å². The van der Waals surface area contributed by atoms with E-state index in [0.29, 0.717) is 18.4 Å².